The van der Waals surface area contributed by atoms with Gasteiger partial charge in [0.05, 0.1) is 23.5 Å². The van der Waals surface area contributed by atoms with Crippen LogP contribution < -0.4 is 0 Å². The Morgan fingerprint density at radius 2 is 2.30 bits per heavy atom. The monoisotopic (exact) mass is 317 g/mol. The van der Waals surface area contributed by atoms with Gasteiger partial charge in [0.2, 0.25) is 0 Å². The third-order valence-corrected chi connectivity index (χ3v) is 4.87. The molecule has 20 heavy (non-hydrogen) atoms. The van der Waals surface area contributed by atoms with E-state index < -0.39 is 5.97 Å². The molecule has 1 aromatic rings. The number of ether oxygens (including phenoxy) is 1. The van der Waals surface area contributed by atoms with Crippen LogP contribution in [0.25, 0.3) is 0 Å². The van der Waals surface area contributed by atoms with Crippen molar-refractivity contribution in [1.29, 1.82) is 0 Å². The second kappa shape index (κ2) is 7.41. The Morgan fingerprint density at radius 3 is 2.85 bits per heavy atom. The second-order valence-electron chi connectivity index (χ2n) is 5.11. The van der Waals surface area contributed by atoms with Gasteiger partial charge in [-0.2, -0.15) is 0 Å². The molecule has 1 atom stereocenters. The highest BCUT2D eigenvalue weighted by molar-refractivity contribution is 7.14. The number of likely N-dealkylation sites (tertiary alicyclic amines) is 1. The van der Waals surface area contributed by atoms with Crippen molar-refractivity contribution in [3.05, 3.63) is 21.3 Å². The molecule has 2 rings (SSSR count). The van der Waals surface area contributed by atoms with E-state index in [0.29, 0.717) is 12.6 Å². The zero-order valence-electron chi connectivity index (χ0n) is 11.5. The van der Waals surface area contributed by atoms with Gasteiger partial charge in [0.15, 0.2) is 0 Å². The number of halogens is 1. The molecule has 0 spiro atoms. The zero-order valence-corrected chi connectivity index (χ0v) is 13.1. The first-order valence-corrected chi connectivity index (χ1v) is 8.13. The highest BCUT2D eigenvalue weighted by Gasteiger charge is 2.24. The SMILES string of the molecule is CC(c1csc(Cl)c1)N1CCC(OCCC(=O)O)CC1. The third-order valence-electron chi connectivity index (χ3n) is 3.76. The summed E-state index contributed by atoms with van der Waals surface area (Å²) in [5.41, 5.74) is 1.27. The van der Waals surface area contributed by atoms with Crippen LogP contribution >= 0.6 is 22.9 Å². The Balaban J connectivity index is 1.75. The van der Waals surface area contributed by atoms with Crippen LogP contribution in [0.2, 0.25) is 4.34 Å². The van der Waals surface area contributed by atoms with Crippen LogP contribution in [0.3, 0.4) is 0 Å². The van der Waals surface area contributed by atoms with Gasteiger partial charge >= 0.3 is 5.97 Å². The van der Waals surface area contributed by atoms with Gasteiger partial charge in [-0.05, 0) is 36.8 Å². The highest BCUT2D eigenvalue weighted by Crippen LogP contribution is 2.30. The molecule has 1 fully saturated rings. The number of carbonyl (C=O) groups is 1. The predicted molar refractivity (Wildman–Crippen MR) is 80.5 cm³/mol. The van der Waals surface area contributed by atoms with Gasteiger partial charge in [0, 0.05) is 19.1 Å². The van der Waals surface area contributed by atoms with Gasteiger partial charge < -0.3 is 9.84 Å². The number of aliphatic carboxylic acids is 1. The fraction of sp³-hybridized carbons (Fsp3) is 0.643. The summed E-state index contributed by atoms with van der Waals surface area (Å²) in [4.78, 5) is 12.9. The molecule has 1 unspecified atom stereocenters. The van der Waals surface area contributed by atoms with E-state index in [1.807, 2.05) is 6.07 Å². The summed E-state index contributed by atoms with van der Waals surface area (Å²) in [7, 11) is 0. The van der Waals surface area contributed by atoms with Crippen molar-refractivity contribution in [2.75, 3.05) is 19.7 Å². The molecule has 1 aliphatic heterocycles. The normalized spacial score (nSPS) is 19.1. The van der Waals surface area contributed by atoms with Crippen molar-refractivity contribution in [1.82, 2.24) is 4.90 Å². The van der Waals surface area contributed by atoms with E-state index in [0.717, 1.165) is 30.3 Å². The number of rotatable bonds is 6. The maximum Gasteiger partial charge on any atom is 0.305 e. The Morgan fingerprint density at radius 1 is 1.60 bits per heavy atom. The molecule has 2 heterocycles. The van der Waals surface area contributed by atoms with E-state index in [2.05, 4.69) is 17.2 Å². The average molecular weight is 318 g/mol. The molecular weight excluding hydrogens is 298 g/mol. The van der Waals surface area contributed by atoms with Crippen LogP contribution in [0, 0.1) is 0 Å². The van der Waals surface area contributed by atoms with Crippen molar-refractivity contribution >= 4 is 28.9 Å². The van der Waals surface area contributed by atoms with E-state index in [-0.39, 0.29) is 12.5 Å². The Hall–Kier alpha value is -0.620. The van der Waals surface area contributed by atoms with E-state index in [4.69, 9.17) is 21.4 Å². The molecule has 0 aromatic carbocycles. The summed E-state index contributed by atoms with van der Waals surface area (Å²) in [5, 5.41) is 10.7. The van der Waals surface area contributed by atoms with Gasteiger partial charge in [0.25, 0.3) is 0 Å². The molecule has 1 saturated heterocycles. The standard InChI is InChI=1S/C14H20ClNO3S/c1-10(11-8-13(15)20-9-11)16-5-2-12(3-6-16)19-7-4-14(17)18/h8-10,12H,2-7H2,1H3,(H,17,18). The van der Waals surface area contributed by atoms with Gasteiger partial charge in [-0.25, -0.2) is 0 Å². The Kier molecular flexibility index (Phi) is 5.84. The molecule has 4 nitrogen and oxygen atoms in total. The van der Waals surface area contributed by atoms with E-state index in [9.17, 15) is 4.79 Å². The van der Waals surface area contributed by atoms with Crippen LogP contribution in [-0.4, -0.2) is 41.8 Å². The molecule has 0 aliphatic carbocycles. The number of carboxylic acids is 1. The van der Waals surface area contributed by atoms with Gasteiger partial charge in [-0.15, -0.1) is 11.3 Å². The molecule has 0 bridgehead atoms. The van der Waals surface area contributed by atoms with E-state index in [1.165, 1.54) is 5.56 Å². The summed E-state index contributed by atoms with van der Waals surface area (Å²) in [6.07, 6.45) is 2.21. The van der Waals surface area contributed by atoms with E-state index >= 15 is 0 Å². The zero-order chi connectivity index (χ0) is 14.5. The molecule has 112 valence electrons. The number of thiophene rings is 1. The lowest BCUT2D eigenvalue weighted by atomic mass is 10.0. The van der Waals surface area contributed by atoms with Crippen molar-refractivity contribution < 1.29 is 14.6 Å². The molecular formula is C14H20ClNO3S. The minimum Gasteiger partial charge on any atom is -0.481 e. The summed E-state index contributed by atoms with van der Waals surface area (Å²) in [5.74, 6) is -0.801. The first kappa shape index (κ1) is 15.8. The summed E-state index contributed by atoms with van der Waals surface area (Å²) in [6.45, 7) is 4.47. The molecule has 0 radical (unpaired) electrons. The van der Waals surface area contributed by atoms with Gasteiger partial charge in [-0.1, -0.05) is 11.6 Å². The maximum absolute atomic E-state index is 10.4. The van der Waals surface area contributed by atoms with Crippen LogP contribution in [0.4, 0.5) is 0 Å². The number of nitrogens with zero attached hydrogens (tertiary/aromatic N) is 1. The average Bonchev–Trinajstić information content (AvgIpc) is 2.85. The fourth-order valence-corrected chi connectivity index (χ4v) is 3.47. The summed E-state index contributed by atoms with van der Waals surface area (Å²) < 4.78 is 6.44. The Bertz CT molecular complexity index is 443. The summed E-state index contributed by atoms with van der Waals surface area (Å²) in [6, 6.07) is 2.41. The quantitative estimate of drug-likeness (QED) is 0.873. The first-order valence-electron chi connectivity index (χ1n) is 6.87. The van der Waals surface area contributed by atoms with Crippen LogP contribution in [0.5, 0.6) is 0 Å². The van der Waals surface area contributed by atoms with Crippen LogP contribution in [-0.2, 0) is 9.53 Å². The number of hydrogen-bond acceptors (Lipinski definition) is 4. The van der Waals surface area contributed by atoms with Crippen LogP contribution in [0.15, 0.2) is 11.4 Å². The lowest BCUT2D eigenvalue weighted by Crippen LogP contribution is -2.38. The van der Waals surface area contributed by atoms with Crippen molar-refractivity contribution in [2.24, 2.45) is 0 Å². The molecule has 0 amide bonds. The van der Waals surface area contributed by atoms with Gasteiger partial charge in [0.1, 0.15) is 0 Å². The largest absolute Gasteiger partial charge is 0.481 e. The molecule has 6 heteroatoms. The molecule has 1 aromatic heterocycles. The smallest absolute Gasteiger partial charge is 0.305 e. The topological polar surface area (TPSA) is 49.8 Å². The first-order chi connectivity index (χ1) is 9.56. The van der Waals surface area contributed by atoms with Crippen molar-refractivity contribution in [3.8, 4) is 0 Å². The number of hydrogen-bond donors (Lipinski definition) is 1. The van der Waals surface area contributed by atoms with Crippen LogP contribution in [0.1, 0.15) is 37.8 Å². The second-order valence-corrected chi connectivity index (χ2v) is 6.65. The van der Waals surface area contributed by atoms with Crippen molar-refractivity contribution in [2.45, 2.75) is 38.3 Å². The number of piperidine rings is 1. The van der Waals surface area contributed by atoms with E-state index in [1.54, 1.807) is 11.3 Å². The molecule has 1 N–H and O–H groups in total. The molecule has 1 aliphatic rings. The lowest BCUT2D eigenvalue weighted by molar-refractivity contribution is -0.138. The maximum atomic E-state index is 10.4. The van der Waals surface area contributed by atoms with Gasteiger partial charge in [-0.3, -0.25) is 9.69 Å². The highest BCUT2D eigenvalue weighted by atomic mass is 35.5. The lowest BCUT2D eigenvalue weighted by Gasteiger charge is -2.35. The minimum absolute atomic E-state index is 0.0873. The number of carboxylic acid groups (broad SMARTS) is 1. The minimum atomic E-state index is -0.801. The predicted octanol–water partition coefficient (Wildman–Crippen LogP) is 3.42. The molecule has 0 saturated carbocycles. The third kappa shape index (κ3) is 4.45. The fourth-order valence-electron chi connectivity index (χ4n) is 2.50. The Labute approximate surface area is 128 Å². The van der Waals surface area contributed by atoms with Crippen molar-refractivity contribution in [3.63, 3.8) is 0 Å². The summed E-state index contributed by atoms with van der Waals surface area (Å²) >= 11 is 7.55.